The first-order valence-electron chi connectivity index (χ1n) is 7.74. The molecular formula is C17H20ClN3O3S. The number of halogens is 1. The molecule has 6 nitrogen and oxygen atoms in total. The Hall–Kier alpha value is -1.83. The van der Waals surface area contributed by atoms with Crippen LogP contribution in [0.3, 0.4) is 0 Å². The summed E-state index contributed by atoms with van der Waals surface area (Å²) in [5.74, 6) is -0.0977. The van der Waals surface area contributed by atoms with Crippen LogP contribution in [-0.2, 0) is 16.1 Å². The van der Waals surface area contributed by atoms with Crippen LogP contribution >= 0.6 is 23.4 Å². The van der Waals surface area contributed by atoms with E-state index in [1.807, 2.05) is 26.8 Å². The number of nitrogens with one attached hydrogen (secondary N) is 2. The summed E-state index contributed by atoms with van der Waals surface area (Å²) < 4.78 is 5.45. The topological polar surface area (TPSA) is 84.1 Å². The molecule has 0 saturated heterocycles. The number of H-pyrrole nitrogens is 1. The Morgan fingerprint density at radius 2 is 2.16 bits per heavy atom. The molecule has 0 spiro atoms. The highest BCUT2D eigenvalue weighted by Gasteiger charge is 2.08. The van der Waals surface area contributed by atoms with Gasteiger partial charge in [-0.3, -0.25) is 9.59 Å². The fourth-order valence-corrected chi connectivity index (χ4v) is 2.75. The van der Waals surface area contributed by atoms with Crippen LogP contribution in [0.15, 0.2) is 34.2 Å². The van der Waals surface area contributed by atoms with Crippen LogP contribution in [0.5, 0.6) is 0 Å². The standard InChI is InChI=1S/C17H20ClN3O3S/c1-10(2)24-8-13-7-15(22)21-17(20-13)25-9-16(23)19-12-5-4-11(3)14(18)6-12/h4-7,10H,8-9H2,1-3H3,(H,19,23)(H,20,21,22). The summed E-state index contributed by atoms with van der Waals surface area (Å²) in [5, 5.41) is 3.73. The largest absolute Gasteiger partial charge is 0.373 e. The summed E-state index contributed by atoms with van der Waals surface area (Å²) in [6, 6.07) is 6.71. The fourth-order valence-electron chi connectivity index (χ4n) is 1.88. The third kappa shape index (κ3) is 6.53. The van der Waals surface area contributed by atoms with Crippen molar-refractivity contribution in [1.82, 2.24) is 9.97 Å². The maximum Gasteiger partial charge on any atom is 0.251 e. The van der Waals surface area contributed by atoms with E-state index in [2.05, 4.69) is 15.3 Å². The van der Waals surface area contributed by atoms with Crippen LogP contribution in [-0.4, -0.2) is 27.7 Å². The van der Waals surface area contributed by atoms with Gasteiger partial charge >= 0.3 is 0 Å². The van der Waals surface area contributed by atoms with Gasteiger partial charge in [0.15, 0.2) is 5.16 Å². The molecule has 0 fully saturated rings. The molecule has 1 aromatic carbocycles. The minimum Gasteiger partial charge on any atom is -0.373 e. The van der Waals surface area contributed by atoms with Crippen LogP contribution in [0.4, 0.5) is 5.69 Å². The Bertz CT molecular complexity index is 808. The third-order valence-electron chi connectivity index (χ3n) is 3.13. The number of aromatic nitrogens is 2. The van der Waals surface area contributed by atoms with Crippen molar-refractivity contribution < 1.29 is 9.53 Å². The van der Waals surface area contributed by atoms with E-state index in [1.54, 1.807) is 12.1 Å². The quantitative estimate of drug-likeness (QED) is 0.567. The molecule has 0 bridgehead atoms. The predicted octanol–water partition coefficient (Wildman–Crippen LogP) is 3.39. The van der Waals surface area contributed by atoms with Crippen LogP contribution in [0.2, 0.25) is 5.02 Å². The Labute approximate surface area is 155 Å². The number of carbonyl (C=O) groups is 1. The number of thioether (sulfide) groups is 1. The molecule has 0 unspecified atom stereocenters. The molecular weight excluding hydrogens is 362 g/mol. The highest BCUT2D eigenvalue weighted by Crippen LogP contribution is 2.20. The van der Waals surface area contributed by atoms with E-state index in [4.69, 9.17) is 16.3 Å². The molecule has 0 saturated carbocycles. The number of benzene rings is 1. The maximum absolute atomic E-state index is 12.0. The fraction of sp³-hybridized carbons (Fsp3) is 0.353. The van der Waals surface area contributed by atoms with Crippen molar-refractivity contribution in [2.24, 2.45) is 0 Å². The molecule has 2 N–H and O–H groups in total. The number of rotatable bonds is 7. The first kappa shape index (κ1) is 19.5. The summed E-state index contributed by atoms with van der Waals surface area (Å²) in [6.07, 6.45) is 0.0456. The molecule has 1 amide bonds. The molecule has 1 aromatic heterocycles. The molecule has 0 aliphatic heterocycles. The second-order valence-electron chi connectivity index (χ2n) is 5.70. The van der Waals surface area contributed by atoms with Crippen LogP contribution in [0.25, 0.3) is 0 Å². The molecule has 2 rings (SSSR count). The number of anilines is 1. The molecule has 0 aliphatic rings. The number of hydrogen-bond donors (Lipinski definition) is 2. The Morgan fingerprint density at radius 3 is 2.84 bits per heavy atom. The van der Waals surface area contributed by atoms with E-state index in [1.165, 1.54) is 6.07 Å². The van der Waals surface area contributed by atoms with Crippen molar-refractivity contribution in [1.29, 1.82) is 0 Å². The zero-order valence-electron chi connectivity index (χ0n) is 14.3. The zero-order valence-corrected chi connectivity index (χ0v) is 15.8. The van der Waals surface area contributed by atoms with Gasteiger partial charge in [0, 0.05) is 16.8 Å². The summed E-state index contributed by atoms with van der Waals surface area (Å²) >= 11 is 7.19. The maximum atomic E-state index is 12.0. The molecule has 0 radical (unpaired) electrons. The summed E-state index contributed by atoms with van der Waals surface area (Å²) in [4.78, 5) is 30.6. The predicted molar refractivity (Wildman–Crippen MR) is 100 cm³/mol. The number of hydrogen-bond acceptors (Lipinski definition) is 5. The van der Waals surface area contributed by atoms with Gasteiger partial charge in [-0.2, -0.15) is 0 Å². The van der Waals surface area contributed by atoms with Gasteiger partial charge in [-0.1, -0.05) is 29.4 Å². The minimum absolute atomic E-state index is 0.0456. The van der Waals surface area contributed by atoms with Gasteiger partial charge in [-0.05, 0) is 38.5 Å². The first-order chi connectivity index (χ1) is 11.8. The number of ether oxygens (including phenoxy) is 1. The summed E-state index contributed by atoms with van der Waals surface area (Å²) in [7, 11) is 0. The minimum atomic E-state index is -0.273. The number of aromatic amines is 1. The Morgan fingerprint density at radius 1 is 1.40 bits per heavy atom. The van der Waals surface area contributed by atoms with Gasteiger partial charge in [0.25, 0.3) is 5.56 Å². The molecule has 134 valence electrons. The van der Waals surface area contributed by atoms with E-state index >= 15 is 0 Å². The molecule has 25 heavy (non-hydrogen) atoms. The first-order valence-corrected chi connectivity index (χ1v) is 9.10. The molecule has 8 heteroatoms. The lowest BCUT2D eigenvalue weighted by Gasteiger charge is -2.08. The van der Waals surface area contributed by atoms with Crippen molar-refractivity contribution in [2.75, 3.05) is 11.1 Å². The number of nitrogens with zero attached hydrogens (tertiary/aromatic N) is 1. The lowest BCUT2D eigenvalue weighted by Crippen LogP contribution is -2.16. The third-order valence-corrected chi connectivity index (χ3v) is 4.41. The van der Waals surface area contributed by atoms with Gasteiger partial charge in [-0.15, -0.1) is 0 Å². The number of carbonyl (C=O) groups excluding carboxylic acids is 1. The lowest BCUT2D eigenvalue weighted by atomic mass is 10.2. The summed E-state index contributed by atoms with van der Waals surface area (Å²) in [5.41, 5.74) is 1.83. The average molecular weight is 382 g/mol. The number of amides is 1. The van der Waals surface area contributed by atoms with Crippen molar-refractivity contribution in [3.63, 3.8) is 0 Å². The molecule has 1 heterocycles. The van der Waals surface area contributed by atoms with Crippen LogP contribution in [0.1, 0.15) is 25.1 Å². The van der Waals surface area contributed by atoms with Crippen molar-refractivity contribution in [3.05, 3.63) is 50.9 Å². The second-order valence-corrected chi connectivity index (χ2v) is 7.07. The Kier molecular flexibility index (Phi) is 7.04. The van der Waals surface area contributed by atoms with Gasteiger partial charge < -0.3 is 15.0 Å². The van der Waals surface area contributed by atoms with E-state index in [9.17, 15) is 9.59 Å². The van der Waals surface area contributed by atoms with Gasteiger partial charge in [0.1, 0.15) is 0 Å². The zero-order chi connectivity index (χ0) is 18.4. The van der Waals surface area contributed by atoms with E-state index in [-0.39, 0.29) is 29.9 Å². The van der Waals surface area contributed by atoms with E-state index in [0.717, 1.165) is 17.3 Å². The van der Waals surface area contributed by atoms with Crippen LogP contribution in [0, 0.1) is 6.92 Å². The SMILES string of the molecule is Cc1ccc(NC(=O)CSc2nc(COC(C)C)cc(=O)[nH]2)cc1Cl. The van der Waals surface area contributed by atoms with Crippen molar-refractivity contribution in [2.45, 2.75) is 38.6 Å². The van der Waals surface area contributed by atoms with Crippen LogP contribution < -0.4 is 10.9 Å². The van der Waals surface area contributed by atoms with Gasteiger partial charge in [0.2, 0.25) is 5.91 Å². The second kappa shape index (κ2) is 9.03. The molecule has 2 aromatic rings. The van der Waals surface area contributed by atoms with Crippen molar-refractivity contribution in [3.8, 4) is 0 Å². The van der Waals surface area contributed by atoms with Crippen molar-refractivity contribution >= 4 is 35.0 Å². The lowest BCUT2D eigenvalue weighted by molar-refractivity contribution is -0.113. The smallest absolute Gasteiger partial charge is 0.251 e. The average Bonchev–Trinajstić information content (AvgIpc) is 2.54. The molecule has 0 aliphatic carbocycles. The van der Waals surface area contributed by atoms with Gasteiger partial charge in [0.05, 0.1) is 24.2 Å². The highest BCUT2D eigenvalue weighted by molar-refractivity contribution is 7.99. The van der Waals surface area contributed by atoms with E-state index in [0.29, 0.717) is 21.6 Å². The summed E-state index contributed by atoms with van der Waals surface area (Å²) in [6.45, 7) is 5.96. The molecule has 0 atom stereocenters. The van der Waals surface area contributed by atoms with E-state index < -0.39 is 0 Å². The Balaban J connectivity index is 1.94. The highest BCUT2D eigenvalue weighted by atomic mass is 35.5. The van der Waals surface area contributed by atoms with Gasteiger partial charge in [-0.25, -0.2) is 4.98 Å². The normalized spacial score (nSPS) is 10.9. The number of aryl methyl sites for hydroxylation is 1. The monoisotopic (exact) mass is 381 g/mol.